The van der Waals surface area contributed by atoms with Crippen LogP contribution in [0.4, 0.5) is 0 Å². The van der Waals surface area contributed by atoms with Crippen molar-refractivity contribution in [2.24, 2.45) is 5.73 Å². The quantitative estimate of drug-likeness (QED) is 0.730. The maximum Gasteiger partial charge on any atom is 0.0489 e. The molecule has 2 aromatic rings. The second kappa shape index (κ2) is 2.64. The highest BCUT2D eigenvalue weighted by Crippen LogP contribution is 2.46. The van der Waals surface area contributed by atoms with Gasteiger partial charge in [0.2, 0.25) is 0 Å². The number of benzene rings is 1. The number of aryl methyl sites for hydroxylation is 2. The molecule has 1 aliphatic rings. The van der Waals surface area contributed by atoms with E-state index in [2.05, 4.69) is 37.2 Å². The van der Waals surface area contributed by atoms with Crippen molar-refractivity contribution in [2.75, 3.05) is 0 Å². The van der Waals surface area contributed by atoms with Crippen LogP contribution >= 0.6 is 0 Å². The number of H-pyrrole nitrogens is 1. The highest BCUT2D eigenvalue weighted by molar-refractivity contribution is 5.90. The molecule has 1 heterocycles. The molecular formula is C13H16N2. The van der Waals surface area contributed by atoms with Crippen molar-refractivity contribution in [1.29, 1.82) is 0 Å². The van der Waals surface area contributed by atoms with Crippen LogP contribution < -0.4 is 5.73 Å². The second-order valence-electron chi connectivity index (χ2n) is 4.81. The molecule has 1 fully saturated rings. The van der Waals surface area contributed by atoms with Crippen LogP contribution in [0.2, 0.25) is 0 Å². The second-order valence-corrected chi connectivity index (χ2v) is 4.81. The molecule has 0 amide bonds. The first-order valence-corrected chi connectivity index (χ1v) is 5.48. The summed E-state index contributed by atoms with van der Waals surface area (Å²) >= 11 is 0. The molecule has 1 saturated carbocycles. The zero-order valence-electron chi connectivity index (χ0n) is 9.22. The predicted octanol–water partition coefficient (Wildman–Crippen LogP) is 2.73. The molecule has 1 aliphatic carbocycles. The molecule has 0 saturated heterocycles. The van der Waals surface area contributed by atoms with Gasteiger partial charge >= 0.3 is 0 Å². The molecule has 3 N–H and O–H groups in total. The van der Waals surface area contributed by atoms with E-state index in [4.69, 9.17) is 5.73 Å². The van der Waals surface area contributed by atoms with Crippen molar-refractivity contribution in [3.8, 4) is 0 Å². The molecule has 0 radical (unpaired) electrons. The maximum absolute atomic E-state index is 6.28. The van der Waals surface area contributed by atoms with Gasteiger partial charge in [-0.1, -0.05) is 12.1 Å². The van der Waals surface area contributed by atoms with Gasteiger partial charge in [0.25, 0.3) is 0 Å². The van der Waals surface area contributed by atoms with Gasteiger partial charge in [-0.25, -0.2) is 0 Å². The first-order chi connectivity index (χ1) is 7.12. The summed E-state index contributed by atoms with van der Waals surface area (Å²) in [6.07, 6.45) is 4.33. The fourth-order valence-corrected chi connectivity index (χ4v) is 2.36. The number of nitrogens with one attached hydrogen (secondary N) is 1. The summed E-state index contributed by atoms with van der Waals surface area (Å²) in [7, 11) is 0. The van der Waals surface area contributed by atoms with Crippen molar-refractivity contribution >= 4 is 10.9 Å². The monoisotopic (exact) mass is 200 g/mol. The zero-order chi connectivity index (χ0) is 10.6. The predicted molar refractivity (Wildman–Crippen MR) is 62.9 cm³/mol. The first-order valence-electron chi connectivity index (χ1n) is 5.48. The summed E-state index contributed by atoms with van der Waals surface area (Å²) in [5, 5.41) is 1.34. The molecule has 0 aliphatic heterocycles. The molecule has 3 rings (SSSR count). The van der Waals surface area contributed by atoms with E-state index in [9.17, 15) is 0 Å². The lowest BCUT2D eigenvalue weighted by Gasteiger charge is -2.09. The molecule has 0 spiro atoms. The van der Waals surface area contributed by atoms with E-state index in [1.807, 2.05) is 0 Å². The average Bonchev–Trinajstić information content (AvgIpc) is 2.81. The van der Waals surface area contributed by atoms with Crippen LogP contribution in [0.5, 0.6) is 0 Å². The Morgan fingerprint density at radius 3 is 2.53 bits per heavy atom. The van der Waals surface area contributed by atoms with Gasteiger partial charge in [-0.2, -0.15) is 0 Å². The SMILES string of the molecule is Cc1ccc(C)c2c(C3(N)CC3)c[nH]c12. The smallest absolute Gasteiger partial charge is 0.0489 e. The summed E-state index contributed by atoms with van der Waals surface area (Å²) in [5.41, 5.74) is 11.4. The van der Waals surface area contributed by atoms with E-state index in [1.54, 1.807) is 0 Å². The van der Waals surface area contributed by atoms with Crippen LogP contribution in [0.25, 0.3) is 10.9 Å². The standard InChI is InChI=1S/C13H16N2/c1-8-3-4-9(2)12-11(8)10(7-15-12)13(14)5-6-13/h3-4,7,15H,5-6,14H2,1-2H3. The Kier molecular flexibility index (Phi) is 1.58. The topological polar surface area (TPSA) is 41.8 Å². The number of rotatable bonds is 1. The van der Waals surface area contributed by atoms with Crippen LogP contribution in [0, 0.1) is 13.8 Å². The van der Waals surface area contributed by atoms with Crippen LogP contribution in [0.1, 0.15) is 29.5 Å². The van der Waals surface area contributed by atoms with Crippen molar-refractivity contribution in [3.05, 3.63) is 35.0 Å². The summed E-state index contributed by atoms with van der Waals surface area (Å²) < 4.78 is 0. The first kappa shape index (κ1) is 8.98. The van der Waals surface area contributed by atoms with E-state index >= 15 is 0 Å². The van der Waals surface area contributed by atoms with Crippen molar-refractivity contribution in [2.45, 2.75) is 32.2 Å². The van der Waals surface area contributed by atoms with Gasteiger partial charge in [0.15, 0.2) is 0 Å². The Hall–Kier alpha value is -1.28. The van der Waals surface area contributed by atoms with Gasteiger partial charge in [0.1, 0.15) is 0 Å². The Labute approximate surface area is 89.5 Å². The lowest BCUT2D eigenvalue weighted by Crippen LogP contribution is -2.18. The molecule has 1 aromatic heterocycles. The van der Waals surface area contributed by atoms with Crippen molar-refractivity contribution in [1.82, 2.24) is 4.98 Å². The fourth-order valence-electron chi connectivity index (χ4n) is 2.36. The molecule has 15 heavy (non-hydrogen) atoms. The van der Waals surface area contributed by atoms with Crippen LogP contribution in [0.3, 0.4) is 0 Å². The maximum atomic E-state index is 6.28. The zero-order valence-corrected chi connectivity index (χ0v) is 9.22. The minimum atomic E-state index is -0.0448. The molecule has 78 valence electrons. The Bertz CT molecular complexity index is 533. The Morgan fingerprint density at radius 1 is 1.20 bits per heavy atom. The molecule has 2 heteroatoms. The highest BCUT2D eigenvalue weighted by atomic mass is 14.8. The number of fused-ring (bicyclic) bond motifs is 1. The minimum Gasteiger partial charge on any atom is -0.361 e. The number of hydrogen-bond donors (Lipinski definition) is 2. The molecule has 1 aromatic carbocycles. The van der Waals surface area contributed by atoms with Crippen LogP contribution in [-0.2, 0) is 5.54 Å². The van der Waals surface area contributed by atoms with Gasteiger partial charge in [-0.3, -0.25) is 0 Å². The summed E-state index contributed by atoms with van der Waals surface area (Å²) in [6, 6.07) is 4.34. The lowest BCUT2D eigenvalue weighted by molar-refractivity contribution is 0.747. The van der Waals surface area contributed by atoms with E-state index in [-0.39, 0.29) is 5.54 Å². The average molecular weight is 200 g/mol. The van der Waals surface area contributed by atoms with Gasteiger partial charge in [0, 0.05) is 22.6 Å². The van der Waals surface area contributed by atoms with Crippen LogP contribution in [0.15, 0.2) is 18.3 Å². The lowest BCUT2D eigenvalue weighted by atomic mass is 9.99. The van der Waals surface area contributed by atoms with E-state index in [0.29, 0.717) is 0 Å². The summed E-state index contributed by atoms with van der Waals surface area (Å²) in [4.78, 5) is 3.36. The molecule has 0 atom stereocenters. The number of aromatic amines is 1. The van der Waals surface area contributed by atoms with E-state index in [0.717, 1.165) is 12.8 Å². The molecule has 0 unspecified atom stereocenters. The van der Waals surface area contributed by atoms with E-state index in [1.165, 1.54) is 27.6 Å². The van der Waals surface area contributed by atoms with Crippen LogP contribution in [-0.4, -0.2) is 4.98 Å². The highest BCUT2D eigenvalue weighted by Gasteiger charge is 2.41. The Balaban J connectivity index is 2.37. The summed E-state index contributed by atoms with van der Waals surface area (Å²) in [5.74, 6) is 0. The van der Waals surface area contributed by atoms with Crippen molar-refractivity contribution < 1.29 is 0 Å². The van der Waals surface area contributed by atoms with Gasteiger partial charge in [0.05, 0.1) is 0 Å². The number of hydrogen-bond acceptors (Lipinski definition) is 1. The normalized spacial score (nSPS) is 18.3. The fraction of sp³-hybridized carbons (Fsp3) is 0.385. The van der Waals surface area contributed by atoms with Gasteiger partial charge in [-0.05, 0) is 43.4 Å². The van der Waals surface area contributed by atoms with E-state index < -0.39 is 0 Å². The van der Waals surface area contributed by atoms with Gasteiger partial charge < -0.3 is 10.7 Å². The largest absolute Gasteiger partial charge is 0.361 e. The number of nitrogens with two attached hydrogens (primary N) is 1. The van der Waals surface area contributed by atoms with Gasteiger partial charge in [-0.15, -0.1) is 0 Å². The number of aromatic nitrogens is 1. The Morgan fingerprint density at radius 2 is 1.87 bits per heavy atom. The van der Waals surface area contributed by atoms with Crippen molar-refractivity contribution in [3.63, 3.8) is 0 Å². The minimum absolute atomic E-state index is 0.0448. The third-order valence-electron chi connectivity index (χ3n) is 3.58. The molecule has 2 nitrogen and oxygen atoms in total. The molecular weight excluding hydrogens is 184 g/mol. The third-order valence-corrected chi connectivity index (χ3v) is 3.58. The molecule has 0 bridgehead atoms. The third kappa shape index (κ3) is 1.15. The summed E-state index contributed by atoms with van der Waals surface area (Å²) in [6.45, 7) is 4.29.